The molecule has 216 valence electrons. The summed E-state index contributed by atoms with van der Waals surface area (Å²) in [5.41, 5.74) is 3.10. The second-order valence-corrected chi connectivity index (χ2v) is 11.9. The number of carbonyl (C=O) groups excluding carboxylic acids is 2. The molecule has 0 saturated heterocycles. The Morgan fingerprint density at radius 2 is 1.29 bits per heavy atom. The first-order chi connectivity index (χ1) is 20.5. The van der Waals surface area contributed by atoms with E-state index in [1.165, 1.54) is 22.7 Å². The van der Waals surface area contributed by atoms with Gasteiger partial charge in [0.25, 0.3) is 0 Å². The highest BCUT2D eigenvalue weighted by Gasteiger charge is 2.29. The molecule has 0 radical (unpaired) electrons. The molecule has 5 rings (SSSR count). The van der Waals surface area contributed by atoms with E-state index in [4.69, 9.17) is 0 Å². The lowest BCUT2D eigenvalue weighted by atomic mass is 9.82. The Morgan fingerprint density at radius 1 is 0.810 bits per heavy atom. The molecule has 4 aromatic rings. The third kappa shape index (κ3) is 7.91. The van der Waals surface area contributed by atoms with Gasteiger partial charge in [-0.2, -0.15) is 0 Å². The van der Waals surface area contributed by atoms with E-state index in [0.717, 1.165) is 46.8 Å². The average Bonchev–Trinajstić information content (AvgIpc) is 3.64. The van der Waals surface area contributed by atoms with Crippen LogP contribution >= 0.6 is 22.7 Å². The van der Waals surface area contributed by atoms with Gasteiger partial charge in [-0.25, -0.2) is 0 Å². The van der Waals surface area contributed by atoms with E-state index in [0.29, 0.717) is 21.7 Å². The molecular weight excluding hydrogens is 573 g/mol. The number of pyridine rings is 2. The number of rotatable bonds is 10. The first-order valence-electron chi connectivity index (χ1n) is 13.5. The number of amides is 2. The molecule has 1 saturated carbocycles. The zero-order valence-electron chi connectivity index (χ0n) is 23.2. The average molecular weight is 603 g/mol. The molecule has 0 unspecified atom stereocenters. The van der Waals surface area contributed by atoms with Crippen molar-refractivity contribution in [2.24, 2.45) is 9.98 Å². The number of anilines is 2. The van der Waals surface area contributed by atoms with E-state index >= 15 is 0 Å². The Bertz CT molecular complexity index is 1480. The standard InChI is InChI=1S/C28H30N10O2S2/c1-29-15-17-6-8-31-21(10-17)13-23(39)33-27-37-35-25(41-27)19-4-3-5-20(12-19)26-36-38-28(42-26)34-24(40)14-22-11-18(16-30-2)7-9-32-22/h6-11,15-16,19-20H,3-5,12-14H2,1-2H3,(H,33,37,39)(H,34,38,40)/b29-15+,30-16+/t19-,20-/m0/s1. The fourth-order valence-corrected chi connectivity index (χ4v) is 6.65. The molecule has 1 aliphatic carbocycles. The topological polar surface area (TPSA) is 160 Å². The molecule has 1 fully saturated rings. The van der Waals surface area contributed by atoms with Crippen molar-refractivity contribution in [2.45, 2.75) is 50.4 Å². The number of hydrogen-bond acceptors (Lipinski definition) is 12. The monoisotopic (exact) mass is 602 g/mol. The summed E-state index contributed by atoms with van der Waals surface area (Å²) >= 11 is 2.81. The molecule has 0 aliphatic heterocycles. The SMILES string of the molecule is C/N=C/c1ccnc(CC(=O)Nc2nnc([C@H]3CCC[C@H](c4nnc(NC(=O)Cc5cc(/C=N/C)ccn5)s4)C3)s2)c1. The lowest BCUT2D eigenvalue weighted by Gasteiger charge is -2.25. The van der Waals surface area contributed by atoms with Crippen molar-refractivity contribution in [1.82, 2.24) is 30.4 Å². The van der Waals surface area contributed by atoms with E-state index < -0.39 is 0 Å². The molecule has 4 aromatic heterocycles. The van der Waals surface area contributed by atoms with Crippen molar-refractivity contribution in [1.29, 1.82) is 0 Å². The first kappa shape index (κ1) is 29.2. The van der Waals surface area contributed by atoms with E-state index in [1.807, 2.05) is 24.3 Å². The van der Waals surface area contributed by atoms with Crippen LogP contribution in [0.25, 0.3) is 0 Å². The predicted octanol–water partition coefficient (Wildman–Crippen LogP) is 4.08. The Hall–Kier alpha value is -4.30. The molecular formula is C28H30N10O2S2. The zero-order chi connectivity index (χ0) is 29.3. The molecule has 4 heterocycles. The number of aromatic nitrogens is 6. The minimum absolute atomic E-state index is 0.137. The Kier molecular flexibility index (Phi) is 9.77. The normalized spacial score (nSPS) is 17.1. The molecule has 0 spiro atoms. The summed E-state index contributed by atoms with van der Waals surface area (Å²) in [5, 5.41) is 25.7. The van der Waals surface area contributed by atoms with Crippen LogP contribution in [0.15, 0.2) is 46.6 Å². The van der Waals surface area contributed by atoms with Crippen LogP contribution in [0.5, 0.6) is 0 Å². The maximum atomic E-state index is 12.6. The van der Waals surface area contributed by atoms with Gasteiger partial charge in [0.1, 0.15) is 10.0 Å². The minimum atomic E-state index is -0.195. The van der Waals surface area contributed by atoms with Gasteiger partial charge >= 0.3 is 0 Å². The summed E-state index contributed by atoms with van der Waals surface area (Å²) in [6.45, 7) is 0. The van der Waals surface area contributed by atoms with Gasteiger partial charge in [0.15, 0.2) is 0 Å². The van der Waals surface area contributed by atoms with Crippen LogP contribution < -0.4 is 10.6 Å². The van der Waals surface area contributed by atoms with Crippen molar-refractivity contribution in [2.75, 3.05) is 24.7 Å². The Labute approximate surface area is 250 Å². The third-order valence-electron chi connectivity index (χ3n) is 6.67. The summed E-state index contributed by atoms with van der Waals surface area (Å²) in [5.74, 6) is 0.0362. The van der Waals surface area contributed by atoms with Gasteiger partial charge in [0.2, 0.25) is 22.1 Å². The number of hydrogen-bond donors (Lipinski definition) is 2. The van der Waals surface area contributed by atoms with Crippen LogP contribution in [0.4, 0.5) is 10.3 Å². The third-order valence-corrected chi connectivity index (χ3v) is 8.67. The van der Waals surface area contributed by atoms with Gasteiger partial charge in [-0.15, -0.1) is 20.4 Å². The first-order valence-corrected chi connectivity index (χ1v) is 15.1. The smallest absolute Gasteiger partial charge is 0.232 e. The second kappa shape index (κ2) is 14.0. The Balaban J connectivity index is 1.14. The van der Waals surface area contributed by atoms with Gasteiger partial charge in [-0.3, -0.25) is 29.5 Å². The zero-order valence-corrected chi connectivity index (χ0v) is 24.9. The van der Waals surface area contributed by atoms with Crippen LogP contribution in [0.3, 0.4) is 0 Å². The highest BCUT2D eigenvalue weighted by atomic mass is 32.1. The summed E-state index contributed by atoms with van der Waals surface area (Å²) in [4.78, 5) is 41.7. The summed E-state index contributed by atoms with van der Waals surface area (Å²) in [6.07, 6.45) is 10.9. The summed E-state index contributed by atoms with van der Waals surface area (Å²) in [7, 11) is 3.40. The van der Waals surface area contributed by atoms with E-state index in [9.17, 15) is 9.59 Å². The van der Waals surface area contributed by atoms with E-state index in [2.05, 4.69) is 51.0 Å². The van der Waals surface area contributed by atoms with Gasteiger partial charge in [0, 0.05) is 50.8 Å². The maximum absolute atomic E-state index is 12.6. The number of nitrogens with one attached hydrogen (secondary N) is 2. The van der Waals surface area contributed by atoms with Crippen LogP contribution in [-0.2, 0) is 22.4 Å². The van der Waals surface area contributed by atoms with Crippen molar-refractivity contribution in [3.05, 3.63) is 69.2 Å². The van der Waals surface area contributed by atoms with Gasteiger partial charge in [-0.1, -0.05) is 29.1 Å². The fraction of sp³-hybridized carbons (Fsp3) is 0.357. The number of carbonyl (C=O) groups is 2. The molecule has 0 aromatic carbocycles. The van der Waals surface area contributed by atoms with Crippen LogP contribution in [0.1, 0.15) is 70.0 Å². The quantitative estimate of drug-likeness (QED) is 0.257. The van der Waals surface area contributed by atoms with Crippen molar-refractivity contribution in [3.63, 3.8) is 0 Å². The number of aliphatic imine (C=N–C) groups is 2. The Morgan fingerprint density at radius 3 is 1.74 bits per heavy atom. The lowest BCUT2D eigenvalue weighted by Crippen LogP contribution is -2.15. The van der Waals surface area contributed by atoms with Crippen LogP contribution in [0.2, 0.25) is 0 Å². The predicted molar refractivity (Wildman–Crippen MR) is 164 cm³/mol. The van der Waals surface area contributed by atoms with Crippen molar-refractivity contribution in [3.8, 4) is 0 Å². The van der Waals surface area contributed by atoms with Crippen LogP contribution in [-0.4, -0.2) is 68.7 Å². The molecule has 2 atom stereocenters. The lowest BCUT2D eigenvalue weighted by molar-refractivity contribution is -0.116. The van der Waals surface area contributed by atoms with Crippen molar-refractivity contribution < 1.29 is 9.59 Å². The molecule has 2 amide bonds. The molecule has 12 nitrogen and oxygen atoms in total. The summed E-state index contributed by atoms with van der Waals surface area (Å²) in [6, 6.07) is 7.35. The van der Waals surface area contributed by atoms with Gasteiger partial charge in [0.05, 0.1) is 24.2 Å². The molecule has 1 aliphatic rings. The largest absolute Gasteiger partial charge is 0.300 e. The molecule has 42 heavy (non-hydrogen) atoms. The van der Waals surface area contributed by atoms with Crippen LogP contribution in [0, 0.1) is 0 Å². The van der Waals surface area contributed by atoms with E-state index in [1.54, 1.807) is 38.9 Å². The highest BCUT2D eigenvalue weighted by molar-refractivity contribution is 7.15. The summed E-state index contributed by atoms with van der Waals surface area (Å²) < 4.78 is 0. The molecule has 2 N–H and O–H groups in total. The van der Waals surface area contributed by atoms with E-state index in [-0.39, 0.29) is 36.5 Å². The molecule has 14 heteroatoms. The maximum Gasteiger partial charge on any atom is 0.232 e. The second-order valence-electron chi connectivity index (χ2n) is 9.84. The minimum Gasteiger partial charge on any atom is -0.300 e. The fourth-order valence-electron chi connectivity index (χ4n) is 4.84. The number of nitrogens with zero attached hydrogens (tertiary/aromatic N) is 8. The van der Waals surface area contributed by atoms with Gasteiger partial charge < -0.3 is 10.6 Å². The highest BCUT2D eigenvalue weighted by Crippen LogP contribution is 2.43. The molecule has 0 bridgehead atoms. The van der Waals surface area contributed by atoms with Crippen molar-refractivity contribution >= 4 is 57.2 Å². The van der Waals surface area contributed by atoms with Gasteiger partial charge in [-0.05, 0) is 54.7 Å².